The second-order valence-electron chi connectivity index (χ2n) is 6.84. The van der Waals surface area contributed by atoms with Crippen LogP contribution in [0.1, 0.15) is 13.8 Å². The highest BCUT2D eigenvalue weighted by molar-refractivity contribution is 5.36. The summed E-state index contributed by atoms with van der Waals surface area (Å²) in [5, 5.41) is 0. The summed E-state index contributed by atoms with van der Waals surface area (Å²) in [5.41, 5.74) is 4.21. The summed E-state index contributed by atoms with van der Waals surface area (Å²) < 4.78 is 11.8. The lowest BCUT2D eigenvalue weighted by atomic mass is 10.1. The second-order valence-corrected chi connectivity index (χ2v) is 6.84. The lowest BCUT2D eigenvalue weighted by molar-refractivity contribution is 0.0857. The summed E-state index contributed by atoms with van der Waals surface area (Å²) in [6.07, 6.45) is 19.1. The Balaban J connectivity index is 2.25. The van der Waals surface area contributed by atoms with Gasteiger partial charge in [-0.15, -0.1) is 0 Å². The minimum Gasteiger partial charge on any atom is -0.473 e. The fraction of sp³-hybridized carbons (Fsp3) is 0.231. The number of hydrogen-bond acceptors (Lipinski definition) is 4. The number of hydrogen-bond donors (Lipinski definition) is 0. The molecule has 158 valence electrons. The summed E-state index contributed by atoms with van der Waals surface area (Å²) in [4.78, 5) is 4.33. The molecule has 0 aromatic carbocycles. The third-order valence-corrected chi connectivity index (χ3v) is 4.80. The van der Waals surface area contributed by atoms with Crippen LogP contribution < -0.4 is 0 Å². The molecule has 0 atom stereocenters. The molecule has 0 unspecified atom stereocenters. The molecule has 2 aliphatic heterocycles. The third-order valence-electron chi connectivity index (χ3n) is 4.80. The van der Waals surface area contributed by atoms with Crippen molar-refractivity contribution in [3.8, 4) is 0 Å². The van der Waals surface area contributed by atoms with Gasteiger partial charge in [0.15, 0.2) is 13.5 Å². The Hall–Kier alpha value is -3.40. The van der Waals surface area contributed by atoms with E-state index in [4.69, 9.17) is 9.47 Å². The van der Waals surface area contributed by atoms with E-state index in [9.17, 15) is 0 Å². The molecular formula is C26H32N2O2. The average Bonchev–Trinajstić information content (AvgIpc) is 2.77. The third kappa shape index (κ3) is 5.80. The van der Waals surface area contributed by atoms with E-state index < -0.39 is 0 Å². The van der Waals surface area contributed by atoms with E-state index in [1.165, 1.54) is 0 Å². The van der Waals surface area contributed by atoms with Gasteiger partial charge in [-0.2, -0.15) is 0 Å². The molecule has 0 saturated carbocycles. The van der Waals surface area contributed by atoms with Gasteiger partial charge in [-0.1, -0.05) is 62.8 Å². The van der Waals surface area contributed by atoms with Crippen molar-refractivity contribution < 1.29 is 9.47 Å². The molecular weight excluding hydrogens is 372 g/mol. The summed E-state index contributed by atoms with van der Waals surface area (Å²) in [6.45, 7) is 21.8. The fourth-order valence-electron chi connectivity index (χ4n) is 3.18. The molecule has 0 aromatic heterocycles. The highest BCUT2D eigenvalue weighted by Crippen LogP contribution is 2.25. The number of ether oxygens (including phenoxy) is 2. The zero-order valence-corrected chi connectivity index (χ0v) is 18.1. The zero-order chi connectivity index (χ0) is 21.9. The van der Waals surface area contributed by atoms with Gasteiger partial charge in [-0.05, 0) is 38.2 Å². The van der Waals surface area contributed by atoms with Crippen LogP contribution in [0.25, 0.3) is 0 Å². The van der Waals surface area contributed by atoms with Crippen molar-refractivity contribution in [3.05, 3.63) is 121 Å². The van der Waals surface area contributed by atoms with Gasteiger partial charge >= 0.3 is 0 Å². The van der Waals surface area contributed by atoms with Gasteiger partial charge in [-0.25, -0.2) is 0 Å². The normalized spacial score (nSPS) is 18.6. The Labute approximate surface area is 181 Å². The summed E-state index contributed by atoms with van der Waals surface area (Å²) in [7, 11) is 0. The first-order valence-corrected chi connectivity index (χ1v) is 9.97. The Morgan fingerprint density at radius 2 is 1.57 bits per heavy atom. The summed E-state index contributed by atoms with van der Waals surface area (Å²) in [6, 6.07) is 0. The van der Waals surface area contributed by atoms with Crippen LogP contribution in [-0.4, -0.2) is 36.4 Å². The van der Waals surface area contributed by atoms with Crippen LogP contribution in [0, 0.1) is 0 Å². The first kappa shape index (κ1) is 22.9. The van der Waals surface area contributed by atoms with Crippen molar-refractivity contribution in [2.45, 2.75) is 13.8 Å². The molecule has 0 aromatic rings. The van der Waals surface area contributed by atoms with Crippen LogP contribution in [0.5, 0.6) is 0 Å². The predicted molar refractivity (Wildman–Crippen MR) is 126 cm³/mol. The lowest BCUT2D eigenvalue weighted by Gasteiger charge is -2.34. The molecule has 2 aliphatic rings. The number of rotatable bonds is 9. The standard InChI is InChI=1S/C26H32N2O2/c1-7-12-15-23-18-28(20-29-25(23)11-5)24(13-8-2)16-21(6)27-17-22(10-4)26(14-9-3)30-19-27/h7-16H,1-2,4-5,17-20H2,3,6H3/b14-9-,15-12-,21-16+,24-13+. The smallest absolute Gasteiger partial charge is 0.161 e. The largest absolute Gasteiger partial charge is 0.473 e. The Kier molecular flexibility index (Phi) is 8.82. The van der Waals surface area contributed by atoms with E-state index in [0.29, 0.717) is 20.0 Å². The number of nitrogens with zero attached hydrogens (tertiary/aromatic N) is 2. The van der Waals surface area contributed by atoms with Gasteiger partial charge in [0, 0.05) is 35.6 Å². The molecule has 0 radical (unpaired) electrons. The first-order valence-electron chi connectivity index (χ1n) is 9.97. The van der Waals surface area contributed by atoms with Crippen LogP contribution in [0.3, 0.4) is 0 Å². The maximum Gasteiger partial charge on any atom is 0.161 e. The van der Waals surface area contributed by atoms with Gasteiger partial charge in [0.25, 0.3) is 0 Å². The Morgan fingerprint density at radius 3 is 2.20 bits per heavy atom. The summed E-state index contributed by atoms with van der Waals surface area (Å²) in [5.74, 6) is 1.67. The van der Waals surface area contributed by atoms with Crippen LogP contribution in [0.15, 0.2) is 121 Å². The molecule has 2 heterocycles. The highest BCUT2D eigenvalue weighted by Gasteiger charge is 2.20. The van der Waals surface area contributed by atoms with Crippen molar-refractivity contribution >= 4 is 0 Å². The van der Waals surface area contributed by atoms with Crippen LogP contribution in [0.2, 0.25) is 0 Å². The van der Waals surface area contributed by atoms with Crippen molar-refractivity contribution in [3.63, 3.8) is 0 Å². The van der Waals surface area contributed by atoms with Gasteiger partial charge in [0.1, 0.15) is 11.5 Å². The van der Waals surface area contributed by atoms with Crippen LogP contribution in [-0.2, 0) is 9.47 Å². The molecule has 0 spiro atoms. The first-order chi connectivity index (χ1) is 14.6. The fourth-order valence-corrected chi connectivity index (χ4v) is 3.18. The van der Waals surface area contributed by atoms with E-state index in [0.717, 1.165) is 40.6 Å². The molecule has 0 bridgehead atoms. The molecule has 0 saturated heterocycles. The Bertz CT molecular complexity index is 865. The van der Waals surface area contributed by atoms with E-state index >= 15 is 0 Å². The molecule has 4 nitrogen and oxygen atoms in total. The SMILES string of the molecule is C=C/C=C\C1=C(C=C)OCN(C(/C=C(\C)N2COC(/C=C\C)=C(C=C)C2)=C/C=C)C1. The quantitative estimate of drug-likeness (QED) is 0.458. The zero-order valence-electron chi connectivity index (χ0n) is 18.1. The maximum atomic E-state index is 5.92. The van der Waals surface area contributed by atoms with Gasteiger partial charge in [0.2, 0.25) is 0 Å². The van der Waals surface area contributed by atoms with Crippen LogP contribution in [0.4, 0.5) is 0 Å². The monoisotopic (exact) mass is 404 g/mol. The highest BCUT2D eigenvalue weighted by atomic mass is 16.5. The molecule has 0 amide bonds. The van der Waals surface area contributed by atoms with Crippen LogP contribution >= 0.6 is 0 Å². The van der Waals surface area contributed by atoms with E-state index in [2.05, 4.69) is 49.1 Å². The van der Waals surface area contributed by atoms with Crippen molar-refractivity contribution in [1.29, 1.82) is 0 Å². The van der Waals surface area contributed by atoms with Crippen molar-refractivity contribution in [2.75, 3.05) is 26.6 Å². The number of allylic oxidation sites excluding steroid dienone is 9. The topological polar surface area (TPSA) is 24.9 Å². The van der Waals surface area contributed by atoms with Crippen molar-refractivity contribution in [1.82, 2.24) is 9.80 Å². The molecule has 0 N–H and O–H groups in total. The summed E-state index contributed by atoms with van der Waals surface area (Å²) >= 11 is 0. The lowest BCUT2D eigenvalue weighted by Crippen LogP contribution is -2.34. The average molecular weight is 405 g/mol. The molecule has 4 heteroatoms. The van der Waals surface area contributed by atoms with Crippen molar-refractivity contribution in [2.24, 2.45) is 0 Å². The molecule has 0 aliphatic carbocycles. The van der Waals surface area contributed by atoms with E-state index in [1.807, 2.05) is 43.4 Å². The van der Waals surface area contributed by atoms with Gasteiger partial charge in [-0.3, -0.25) is 0 Å². The molecule has 2 rings (SSSR count). The predicted octanol–water partition coefficient (Wildman–Crippen LogP) is 5.74. The molecule has 0 fully saturated rings. The molecule has 30 heavy (non-hydrogen) atoms. The second kappa shape index (κ2) is 11.6. The maximum absolute atomic E-state index is 5.92. The van der Waals surface area contributed by atoms with Gasteiger partial charge in [0.05, 0.1) is 0 Å². The Morgan fingerprint density at radius 1 is 0.867 bits per heavy atom. The minimum atomic E-state index is 0.440. The van der Waals surface area contributed by atoms with E-state index in [1.54, 1.807) is 18.2 Å². The van der Waals surface area contributed by atoms with E-state index in [-0.39, 0.29) is 0 Å². The minimum absolute atomic E-state index is 0.440. The van der Waals surface area contributed by atoms with Gasteiger partial charge < -0.3 is 19.3 Å².